The van der Waals surface area contributed by atoms with Crippen LogP contribution in [0.15, 0.2) is 0 Å². The Morgan fingerprint density at radius 2 is 1.62 bits per heavy atom. The highest BCUT2D eigenvalue weighted by molar-refractivity contribution is 5.78. The van der Waals surface area contributed by atoms with Crippen molar-refractivity contribution in [2.24, 2.45) is 28.9 Å². The molecule has 3 heteroatoms. The maximum absolute atomic E-state index is 11.0. The molecular formula is C13H21NO2. The number of amides is 1. The maximum Gasteiger partial charge on any atom is 0.246 e. The highest BCUT2D eigenvalue weighted by Crippen LogP contribution is 2.61. The predicted octanol–water partition coefficient (Wildman–Crippen LogP) is 1.44. The summed E-state index contributed by atoms with van der Waals surface area (Å²) >= 11 is 0. The number of aliphatic hydroxyl groups excluding tert-OH is 1. The maximum atomic E-state index is 11.0. The van der Waals surface area contributed by atoms with Gasteiger partial charge in [-0.3, -0.25) is 4.79 Å². The molecule has 0 saturated heterocycles. The normalized spacial score (nSPS) is 46.9. The second-order valence-corrected chi connectivity index (χ2v) is 6.54. The number of carbonyl (C=O) groups is 1. The van der Waals surface area contributed by atoms with Gasteiger partial charge in [0.25, 0.3) is 0 Å². The Morgan fingerprint density at radius 3 is 2.00 bits per heavy atom. The first-order valence-corrected chi connectivity index (χ1v) is 6.54. The van der Waals surface area contributed by atoms with E-state index >= 15 is 0 Å². The minimum absolute atomic E-state index is 0.253. The Morgan fingerprint density at radius 1 is 1.19 bits per heavy atom. The molecule has 4 bridgehead atoms. The van der Waals surface area contributed by atoms with Crippen molar-refractivity contribution < 1.29 is 9.90 Å². The number of nitrogens with two attached hydrogens (primary N) is 1. The van der Waals surface area contributed by atoms with E-state index in [2.05, 4.69) is 0 Å². The van der Waals surface area contributed by atoms with Crippen molar-refractivity contribution in [2.75, 3.05) is 0 Å². The third-order valence-corrected chi connectivity index (χ3v) is 5.12. The summed E-state index contributed by atoms with van der Waals surface area (Å²) in [5.74, 6) is 2.06. The van der Waals surface area contributed by atoms with E-state index in [0.29, 0.717) is 6.42 Å². The van der Waals surface area contributed by atoms with Crippen molar-refractivity contribution in [1.29, 1.82) is 0 Å². The van der Waals surface area contributed by atoms with Crippen LogP contribution in [-0.4, -0.2) is 17.1 Å². The van der Waals surface area contributed by atoms with Crippen molar-refractivity contribution >= 4 is 5.91 Å². The summed E-state index contributed by atoms with van der Waals surface area (Å²) in [5, 5.41) is 9.71. The molecule has 0 unspecified atom stereocenters. The van der Waals surface area contributed by atoms with Gasteiger partial charge in [-0.1, -0.05) is 0 Å². The van der Waals surface area contributed by atoms with E-state index in [1.807, 2.05) is 0 Å². The zero-order chi connectivity index (χ0) is 11.3. The first kappa shape index (κ1) is 10.6. The molecule has 0 heterocycles. The number of aliphatic hydroxyl groups is 1. The van der Waals surface area contributed by atoms with E-state index < -0.39 is 12.0 Å². The average molecular weight is 223 g/mol. The summed E-state index contributed by atoms with van der Waals surface area (Å²) in [5.41, 5.74) is 5.43. The molecule has 1 atom stereocenters. The predicted molar refractivity (Wildman–Crippen MR) is 60.4 cm³/mol. The molecule has 4 saturated carbocycles. The summed E-state index contributed by atoms with van der Waals surface area (Å²) in [4.78, 5) is 11.0. The topological polar surface area (TPSA) is 63.3 Å². The zero-order valence-corrected chi connectivity index (χ0v) is 9.69. The van der Waals surface area contributed by atoms with Gasteiger partial charge in [-0.2, -0.15) is 0 Å². The van der Waals surface area contributed by atoms with Gasteiger partial charge in [0.1, 0.15) is 6.10 Å². The lowest BCUT2D eigenvalue weighted by Gasteiger charge is -2.57. The Kier molecular flexibility index (Phi) is 2.29. The van der Waals surface area contributed by atoms with Crippen LogP contribution in [-0.2, 0) is 4.79 Å². The fourth-order valence-corrected chi connectivity index (χ4v) is 5.05. The minimum Gasteiger partial charge on any atom is -0.383 e. The fourth-order valence-electron chi connectivity index (χ4n) is 5.05. The van der Waals surface area contributed by atoms with E-state index in [0.717, 1.165) is 17.8 Å². The molecule has 1 amide bonds. The summed E-state index contributed by atoms with van der Waals surface area (Å²) < 4.78 is 0. The number of rotatable bonds is 3. The van der Waals surface area contributed by atoms with Crippen LogP contribution in [0, 0.1) is 23.2 Å². The quantitative estimate of drug-likeness (QED) is 0.760. The molecule has 0 spiro atoms. The van der Waals surface area contributed by atoms with E-state index in [9.17, 15) is 9.90 Å². The average Bonchev–Trinajstić information content (AvgIpc) is 2.13. The third kappa shape index (κ3) is 1.65. The molecule has 16 heavy (non-hydrogen) atoms. The van der Waals surface area contributed by atoms with Crippen molar-refractivity contribution in [3.05, 3.63) is 0 Å². The van der Waals surface area contributed by atoms with Crippen LogP contribution in [0.3, 0.4) is 0 Å². The summed E-state index contributed by atoms with van der Waals surface area (Å²) in [6.45, 7) is 0. The molecule has 3 nitrogen and oxygen atoms in total. The zero-order valence-electron chi connectivity index (χ0n) is 9.69. The first-order valence-electron chi connectivity index (χ1n) is 6.54. The van der Waals surface area contributed by atoms with E-state index in [1.165, 1.54) is 38.5 Å². The molecule has 3 N–H and O–H groups in total. The lowest BCUT2D eigenvalue weighted by molar-refractivity contribution is -0.132. The van der Waals surface area contributed by atoms with Crippen molar-refractivity contribution in [1.82, 2.24) is 0 Å². The second-order valence-electron chi connectivity index (χ2n) is 6.54. The van der Waals surface area contributed by atoms with Gasteiger partial charge in [0.2, 0.25) is 5.91 Å². The lowest BCUT2D eigenvalue weighted by Crippen LogP contribution is -2.48. The highest BCUT2D eigenvalue weighted by atomic mass is 16.3. The van der Waals surface area contributed by atoms with Gasteiger partial charge in [-0.15, -0.1) is 0 Å². The standard InChI is InChI=1S/C13H21NO2/c14-12(16)11(15)7-13-4-8-1-9(5-13)3-10(2-8)6-13/h8-11,15H,1-7H2,(H2,14,16)/t8?,9?,10?,11-,13?/m1/s1. The van der Waals surface area contributed by atoms with Gasteiger partial charge in [0.05, 0.1) is 0 Å². The van der Waals surface area contributed by atoms with E-state index in [4.69, 9.17) is 5.73 Å². The van der Waals surface area contributed by atoms with E-state index in [1.54, 1.807) is 0 Å². The van der Waals surface area contributed by atoms with Crippen LogP contribution >= 0.6 is 0 Å². The van der Waals surface area contributed by atoms with Gasteiger partial charge < -0.3 is 10.8 Å². The summed E-state index contributed by atoms with van der Waals surface area (Å²) in [7, 11) is 0. The van der Waals surface area contributed by atoms with Gasteiger partial charge in [0.15, 0.2) is 0 Å². The Bertz CT molecular complexity index is 278. The van der Waals surface area contributed by atoms with E-state index in [-0.39, 0.29) is 5.41 Å². The van der Waals surface area contributed by atoms with Crippen LogP contribution in [0.25, 0.3) is 0 Å². The molecule has 4 aliphatic rings. The van der Waals surface area contributed by atoms with Crippen molar-refractivity contribution in [3.8, 4) is 0 Å². The number of hydrogen-bond donors (Lipinski definition) is 2. The highest BCUT2D eigenvalue weighted by Gasteiger charge is 2.51. The van der Waals surface area contributed by atoms with Crippen molar-refractivity contribution in [2.45, 2.75) is 51.0 Å². The molecule has 0 aromatic heterocycles. The molecule has 0 aromatic carbocycles. The smallest absolute Gasteiger partial charge is 0.246 e. The molecule has 0 aliphatic heterocycles. The Labute approximate surface area is 96.4 Å². The summed E-state index contributed by atoms with van der Waals surface area (Å²) in [6, 6.07) is 0. The molecule has 4 rings (SSSR count). The minimum atomic E-state index is -0.920. The van der Waals surface area contributed by atoms with Crippen LogP contribution < -0.4 is 5.73 Å². The van der Waals surface area contributed by atoms with Gasteiger partial charge in [-0.05, 0) is 68.1 Å². The largest absolute Gasteiger partial charge is 0.383 e. The number of hydrogen-bond acceptors (Lipinski definition) is 2. The third-order valence-electron chi connectivity index (χ3n) is 5.12. The molecule has 4 aliphatic carbocycles. The molecule has 0 aromatic rings. The Balaban J connectivity index is 1.76. The van der Waals surface area contributed by atoms with Crippen LogP contribution in [0.4, 0.5) is 0 Å². The van der Waals surface area contributed by atoms with Crippen LogP contribution in [0.5, 0.6) is 0 Å². The Hall–Kier alpha value is -0.570. The molecular weight excluding hydrogens is 202 g/mol. The number of primary amides is 1. The first-order chi connectivity index (χ1) is 7.56. The molecule has 0 radical (unpaired) electrons. The monoisotopic (exact) mass is 223 g/mol. The molecule has 90 valence electrons. The van der Waals surface area contributed by atoms with Gasteiger partial charge >= 0.3 is 0 Å². The van der Waals surface area contributed by atoms with Crippen LogP contribution in [0.2, 0.25) is 0 Å². The molecule has 4 fully saturated rings. The van der Waals surface area contributed by atoms with Gasteiger partial charge in [0, 0.05) is 0 Å². The van der Waals surface area contributed by atoms with Crippen molar-refractivity contribution in [3.63, 3.8) is 0 Å². The fraction of sp³-hybridized carbons (Fsp3) is 0.923. The van der Waals surface area contributed by atoms with Gasteiger partial charge in [-0.25, -0.2) is 0 Å². The summed E-state index contributed by atoms with van der Waals surface area (Å²) in [6.07, 6.45) is 7.56. The number of carbonyl (C=O) groups excluding carboxylic acids is 1. The lowest BCUT2D eigenvalue weighted by atomic mass is 9.48. The second kappa shape index (κ2) is 3.46. The van der Waals surface area contributed by atoms with Crippen LogP contribution in [0.1, 0.15) is 44.9 Å². The SMILES string of the molecule is NC(=O)[C@H](O)CC12CC3CC(CC(C3)C1)C2.